The lowest BCUT2D eigenvalue weighted by Crippen LogP contribution is -2.24. The summed E-state index contributed by atoms with van der Waals surface area (Å²) in [6.07, 6.45) is 0.797. The van der Waals surface area contributed by atoms with Crippen molar-refractivity contribution in [1.82, 2.24) is 5.32 Å². The third-order valence-electron chi connectivity index (χ3n) is 1.80. The van der Waals surface area contributed by atoms with E-state index in [9.17, 15) is 4.79 Å². The summed E-state index contributed by atoms with van der Waals surface area (Å²) in [5, 5.41) is 4.71. The molecule has 1 aromatic rings. The van der Waals surface area contributed by atoms with Crippen LogP contribution in [0.1, 0.15) is 16.1 Å². The molecule has 0 bridgehead atoms. The highest BCUT2D eigenvalue weighted by molar-refractivity contribution is 9.10. The van der Waals surface area contributed by atoms with Gasteiger partial charge < -0.3 is 10.1 Å². The molecule has 90 valence electrons. The molecule has 0 aromatic carbocycles. The molecule has 0 fully saturated rings. The first-order valence-electron chi connectivity index (χ1n) is 4.90. The van der Waals surface area contributed by atoms with Crippen molar-refractivity contribution < 1.29 is 9.53 Å². The molecule has 0 aliphatic heterocycles. The van der Waals surface area contributed by atoms with Crippen molar-refractivity contribution in [2.45, 2.75) is 6.42 Å². The highest BCUT2D eigenvalue weighted by Crippen LogP contribution is 2.22. The summed E-state index contributed by atoms with van der Waals surface area (Å²) in [5.74, 6) is 0.466. The number of alkyl halides is 1. The first-order chi connectivity index (χ1) is 7.75. The van der Waals surface area contributed by atoms with E-state index in [2.05, 4.69) is 21.2 Å². The molecule has 1 amide bonds. The van der Waals surface area contributed by atoms with Crippen LogP contribution in [0, 0.1) is 0 Å². The van der Waals surface area contributed by atoms with Gasteiger partial charge in [-0.25, -0.2) is 0 Å². The summed E-state index contributed by atoms with van der Waals surface area (Å²) in [6.45, 7) is 1.80. The summed E-state index contributed by atoms with van der Waals surface area (Å²) < 4.78 is 6.03. The smallest absolute Gasteiger partial charge is 0.262 e. The first-order valence-corrected chi connectivity index (χ1v) is 7.11. The maximum Gasteiger partial charge on any atom is 0.262 e. The van der Waals surface area contributed by atoms with Gasteiger partial charge in [-0.2, -0.15) is 0 Å². The zero-order chi connectivity index (χ0) is 11.8. The zero-order valence-electron chi connectivity index (χ0n) is 8.67. The van der Waals surface area contributed by atoms with Crippen LogP contribution in [0.2, 0.25) is 0 Å². The number of amides is 1. The van der Waals surface area contributed by atoms with Crippen LogP contribution in [0.25, 0.3) is 0 Å². The fraction of sp³-hybridized carbons (Fsp3) is 0.500. The van der Waals surface area contributed by atoms with Gasteiger partial charge in [0.1, 0.15) is 4.88 Å². The van der Waals surface area contributed by atoms with E-state index >= 15 is 0 Å². The van der Waals surface area contributed by atoms with E-state index in [1.807, 2.05) is 11.4 Å². The number of rotatable bonds is 7. The maximum atomic E-state index is 11.6. The molecule has 1 rings (SSSR count). The first kappa shape index (κ1) is 14.0. The Balaban J connectivity index is 2.14. The normalized spacial score (nSPS) is 10.4. The van der Waals surface area contributed by atoms with Gasteiger partial charge >= 0.3 is 0 Å². The van der Waals surface area contributed by atoms with Crippen LogP contribution < -0.4 is 5.32 Å². The van der Waals surface area contributed by atoms with E-state index in [1.54, 1.807) is 0 Å². The highest BCUT2D eigenvalue weighted by Gasteiger charge is 2.09. The van der Waals surface area contributed by atoms with Crippen LogP contribution >= 0.6 is 38.9 Å². The van der Waals surface area contributed by atoms with Crippen LogP contribution in [-0.2, 0) is 4.74 Å². The van der Waals surface area contributed by atoms with Crippen molar-refractivity contribution in [3.63, 3.8) is 0 Å². The van der Waals surface area contributed by atoms with E-state index in [0.29, 0.717) is 30.5 Å². The second-order valence-electron chi connectivity index (χ2n) is 3.01. The lowest BCUT2D eigenvalue weighted by atomic mass is 10.4. The predicted molar refractivity (Wildman–Crippen MR) is 70.5 cm³/mol. The van der Waals surface area contributed by atoms with Gasteiger partial charge in [0.15, 0.2) is 0 Å². The van der Waals surface area contributed by atoms with Crippen molar-refractivity contribution in [3.8, 4) is 0 Å². The summed E-state index contributed by atoms with van der Waals surface area (Å²) in [6, 6.07) is 1.86. The van der Waals surface area contributed by atoms with Crippen molar-refractivity contribution in [3.05, 3.63) is 20.8 Å². The topological polar surface area (TPSA) is 38.3 Å². The minimum absolute atomic E-state index is 0.0424. The number of hydrogen-bond acceptors (Lipinski definition) is 3. The third-order valence-corrected chi connectivity index (χ3v) is 3.79. The summed E-state index contributed by atoms with van der Waals surface area (Å²) in [4.78, 5) is 12.3. The number of carbonyl (C=O) groups excluding carboxylic acids is 1. The van der Waals surface area contributed by atoms with Crippen molar-refractivity contribution in [2.24, 2.45) is 0 Å². The molecule has 1 heterocycles. The Hall–Kier alpha value is -0.100. The minimum Gasteiger partial charge on any atom is -0.380 e. The molecule has 0 saturated heterocycles. The number of thiophene rings is 1. The van der Waals surface area contributed by atoms with Gasteiger partial charge in [0.25, 0.3) is 5.91 Å². The molecular formula is C10H13BrClNO2S. The summed E-state index contributed by atoms with van der Waals surface area (Å²) in [5.41, 5.74) is 0. The lowest BCUT2D eigenvalue weighted by molar-refractivity contribution is 0.0948. The van der Waals surface area contributed by atoms with Crippen LogP contribution in [0.15, 0.2) is 15.9 Å². The van der Waals surface area contributed by atoms with E-state index in [0.717, 1.165) is 10.9 Å². The highest BCUT2D eigenvalue weighted by atomic mass is 79.9. The molecular weight excluding hydrogens is 314 g/mol. The standard InChI is InChI=1S/C10H13BrClNO2S/c11-8-2-7-16-9(8)10(14)13-4-1-5-15-6-3-12/h2,7H,1,3-6H2,(H,13,14). The van der Waals surface area contributed by atoms with Gasteiger partial charge in [0.2, 0.25) is 0 Å². The summed E-state index contributed by atoms with van der Waals surface area (Å²) in [7, 11) is 0. The van der Waals surface area contributed by atoms with Crippen LogP contribution in [0.3, 0.4) is 0 Å². The second kappa shape index (κ2) is 8.06. The molecule has 16 heavy (non-hydrogen) atoms. The van der Waals surface area contributed by atoms with E-state index < -0.39 is 0 Å². The SMILES string of the molecule is O=C(NCCCOCCCl)c1sccc1Br. The number of hydrogen-bond donors (Lipinski definition) is 1. The number of ether oxygens (including phenoxy) is 1. The fourth-order valence-electron chi connectivity index (χ4n) is 1.07. The molecule has 1 N–H and O–H groups in total. The average Bonchev–Trinajstić information content (AvgIpc) is 2.69. The van der Waals surface area contributed by atoms with Gasteiger partial charge in [-0.1, -0.05) is 0 Å². The molecule has 0 atom stereocenters. The molecule has 0 aliphatic rings. The average molecular weight is 327 g/mol. The number of nitrogens with one attached hydrogen (secondary N) is 1. The Morgan fingerprint density at radius 3 is 3.00 bits per heavy atom. The Kier molecular flexibility index (Phi) is 7.03. The molecule has 0 unspecified atom stereocenters. The number of carbonyl (C=O) groups is 1. The Morgan fingerprint density at radius 2 is 2.38 bits per heavy atom. The molecule has 0 spiro atoms. The van der Waals surface area contributed by atoms with E-state index in [-0.39, 0.29) is 5.91 Å². The van der Waals surface area contributed by atoms with Crippen molar-refractivity contribution in [1.29, 1.82) is 0 Å². The van der Waals surface area contributed by atoms with Crippen LogP contribution in [0.4, 0.5) is 0 Å². The largest absolute Gasteiger partial charge is 0.380 e. The summed E-state index contributed by atoms with van der Waals surface area (Å²) >= 11 is 10.2. The lowest BCUT2D eigenvalue weighted by Gasteiger charge is -2.04. The van der Waals surface area contributed by atoms with Gasteiger partial charge in [0, 0.05) is 23.5 Å². The van der Waals surface area contributed by atoms with Crippen LogP contribution in [0.5, 0.6) is 0 Å². The second-order valence-corrected chi connectivity index (χ2v) is 5.16. The van der Waals surface area contributed by atoms with Crippen LogP contribution in [-0.4, -0.2) is 31.5 Å². The number of halogens is 2. The Labute approximate surface area is 112 Å². The quantitative estimate of drug-likeness (QED) is 0.618. The van der Waals surface area contributed by atoms with Gasteiger partial charge in [-0.05, 0) is 33.8 Å². The van der Waals surface area contributed by atoms with E-state index in [4.69, 9.17) is 16.3 Å². The Morgan fingerprint density at radius 1 is 1.56 bits per heavy atom. The Bertz CT molecular complexity index is 332. The van der Waals surface area contributed by atoms with Gasteiger partial charge in [-0.15, -0.1) is 22.9 Å². The van der Waals surface area contributed by atoms with Gasteiger partial charge in [0.05, 0.1) is 6.61 Å². The molecule has 3 nitrogen and oxygen atoms in total. The minimum atomic E-state index is -0.0424. The zero-order valence-corrected chi connectivity index (χ0v) is 11.8. The molecule has 0 radical (unpaired) electrons. The van der Waals surface area contributed by atoms with Crippen molar-refractivity contribution >= 4 is 44.8 Å². The van der Waals surface area contributed by atoms with E-state index in [1.165, 1.54) is 11.3 Å². The third kappa shape index (κ3) is 4.82. The van der Waals surface area contributed by atoms with Gasteiger partial charge in [-0.3, -0.25) is 4.79 Å². The molecule has 0 aliphatic carbocycles. The monoisotopic (exact) mass is 325 g/mol. The molecule has 1 aromatic heterocycles. The molecule has 0 saturated carbocycles. The maximum absolute atomic E-state index is 11.6. The van der Waals surface area contributed by atoms with Crippen molar-refractivity contribution in [2.75, 3.05) is 25.6 Å². The molecule has 6 heteroatoms. The fourth-order valence-corrected chi connectivity index (χ4v) is 2.65. The predicted octanol–water partition coefficient (Wildman–Crippen LogP) is 2.89.